The highest BCUT2D eigenvalue weighted by Crippen LogP contribution is 2.55. The molecule has 3 aliphatic rings. The third-order valence-electron chi connectivity index (χ3n) is 11.6. The van der Waals surface area contributed by atoms with Gasteiger partial charge in [0.15, 0.2) is 0 Å². The molecule has 8 aromatic carbocycles. The van der Waals surface area contributed by atoms with Gasteiger partial charge >= 0.3 is 0 Å². The third kappa shape index (κ3) is 4.76. The summed E-state index contributed by atoms with van der Waals surface area (Å²) in [6.07, 6.45) is 2.36. The molecule has 0 radical (unpaired) electrons. The van der Waals surface area contributed by atoms with Crippen LogP contribution in [0.2, 0.25) is 0 Å². The summed E-state index contributed by atoms with van der Waals surface area (Å²) in [5.41, 5.74) is 20.7. The first-order valence-electron chi connectivity index (χ1n) is 19.1. The second-order valence-electron chi connectivity index (χ2n) is 14.8. The van der Waals surface area contributed by atoms with Crippen LogP contribution in [-0.4, -0.2) is 4.57 Å². The Kier molecular flexibility index (Phi) is 6.72. The Bertz CT molecular complexity index is 2990. The van der Waals surface area contributed by atoms with E-state index in [2.05, 4.69) is 191 Å². The largest absolute Gasteiger partial charge is 0.309 e. The number of hydrogen-bond donors (Lipinski definition) is 0. The van der Waals surface area contributed by atoms with Gasteiger partial charge in [-0.1, -0.05) is 139 Å². The van der Waals surface area contributed by atoms with Crippen molar-refractivity contribution in [2.75, 3.05) is 4.90 Å². The zero-order valence-electron chi connectivity index (χ0n) is 30.0. The maximum Gasteiger partial charge on any atom is 0.0625 e. The van der Waals surface area contributed by atoms with E-state index in [9.17, 15) is 0 Å². The van der Waals surface area contributed by atoms with Gasteiger partial charge in [-0.3, -0.25) is 0 Å². The summed E-state index contributed by atoms with van der Waals surface area (Å²) < 4.78 is 2.53. The zero-order chi connectivity index (χ0) is 36.0. The molecule has 1 aliphatic heterocycles. The average Bonchev–Trinajstić information content (AvgIpc) is 3.96. The fraction of sp³-hybridized carbons (Fsp3) is 0.0385. The van der Waals surface area contributed by atoms with Crippen LogP contribution in [0.5, 0.6) is 0 Å². The van der Waals surface area contributed by atoms with Crippen molar-refractivity contribution >= 4 is 56.2 Å². The highest BCUT2D eigenvalue weighted by atomic mass is 32.2. The molecule has 0 bridgehead atoms. The van der Waals surface area contributed by atoms with Gasteiger partial charge < -0.3 is 9.47 Å². The molecule has 0 N–H and O–H groups in total. The molecule has 2 aliphatic carbocycles. The second-order valence-corrected chi connectivity index (χ2v) is 15.9. The molecule has 0 unspecified atom stereocenters. The van der Waals surface area contributed by atoms with Gasteiger partial charge in [0.1, 0.15) is 0 Å². The molecule has 0 saturated heterocycles. The van der Waals surface area contributed by atoms with E-state index in [1.165, 1.54) is 112 Å². The summed E-state index contributed by atoms with van der Waals surface area (Å²) in [7, 11) is 0. The molecule has 55 heavy (non-hydrogen) atoms. The number of hydrogen-bond acceptors (Lipinski definition) is 2. The summed E-state index contributed by atoms with van der Waals surface area (Å²) in [6.45, 7) is 0. The molecule has 2 nitrogen and oxygen atoms in total. The number of allylic oxidation sites excluding steroid dienone is 1. The molecule has 258 valence electrons. The van der Waals surface area contributed by atoms with Crippen LogP contribution in [0.3, 0.4) is 0 Å². The summed E-state index contributed by atoms with van der Waals surface area (Å²) >= 11 is 1.85. The van der Waals surface area contributed by atoms with Crippen molar-refractivity contribution in [1.29, 1.82) is 0 Å². The predicted octanol–water partition coefficient (Wildman–Crippen LogP) is 14.6. The van der Waals surface area contributed by atoms with E-state index in [4.69, 9.17) is 0 Å². The Morgan fingerprint density at radius 1 is 0.418 bits per heavy atom. The van der Waals surface area contributed by atoms with Crippen molar-refractivity contribution in [3.05, 3.63) is 199 Å². The Morgan fingerprint density at radius 2 is 1.00 bits per heavy atom. The van der Waals surface area contributed by atoms with Crippen LogP contribution >= 0.6 is 11.8 Å². The van der Waals surface area contributed by atoms with E-state index < -0.39 is 0 Å². The lowest BCUT2D eigenvalue weighted by molar-refractivity contribution is 1.17. The average molecular weight is 719 g/mol. The summed E-state index contributed by atoms with van der Waals surface area (Å²) in [5, 5.41) is 2.57. The first-order chi connectivity index (χ1) is 27.3. The van der Waals surface area contributed by atoms with Gasteiger partial charge in [-0.25, -0.2) is 0 Å². The van der Waals surface area contributed by atoms with Crippen LogP contribution < -0.4 is 4.90 Å². The van der Waals surface area contributed by atoms with Gasteiger partial charge in [0.25, 0.3) is 0 Å². The smallest absolute Gasteiger partial charge is 0.0625 e. The van der Waals surface area contributed by atoms with E-state index in [0.717, 1.165) is 5.69 Å². The van der Waals surface area contributed by atoms with Crippen LogP contribution in [0.4, 0.5) is 17.1 Å². The molecule has 0 spiro atoms. The molecule has 9 aromatic rings. The molecule has 2 heterocycles. The summed E-state index contributed by atoms with van der Waals surface area (Å²) in [5.74, 6) is 0. The SMILES string of the molecule is c1ccc(-c2ccc(-n3c4ccc(-c5ccc(N6c7ccccc7Sc7ccccc76)cc5)cc4c4ccc5c(c43)C(=C3CC3)c3ccccc3-5)cc2)cc1. The first-order valence-corrected chi connectivity index (χ1v) is 20.0. The van der Waals surface area contributed by atoms with Crippen LogP contribution in [0.1, 0.15) is 24.0 Å². The molecule has 1 fully saturated rings. The van der Waals surface area contributed by atoms with Gasteiger partial charge in [0.05, 0.1) is 22.4 Å². The Hall–Kier alpha value is -6.55. The quantitative estimate of drug-likeness (QED) is 0.179. The second kappa shape index (κ2) is 12.0. The van der Waals surface area contributed by atoms with Crippen LogP contribution in [0.15, 0.2) is 197 Å². The maximum absolute atomic E-state index is 2.53. The lowest BCUT2D eigenvalue weighted by Crippen LogP contribution is -2.14. The van der Waals surface area contributed by atoms with E-state index in [-0.39, 0.29) is 0 Å². The standard InChI is InChI=1S/C52H34N2S/c1-2-10-33(11-3-1)34-20-27-39(28-21-34)54-45-31-24-37(32-44(45)43-30-29-42-40-12-4-5-13-41(40)50(36-18-19-36)51(42)52(43)54)35-22-25-38(26-23-35)53-46-14-6-8-16-48(46)55-49-17-9-7-15-47(49)53/h1-17,20-32H,18-19H2. The Morgan fingerprint density at radius 3 is 1.71 bits per heavy atom. The number of anilines is 3. The molecule has 0 atom stereocenters. The van der Waals surface area contributed by atoms with Crippen LogP contribution in [-0.2, 0) is 0 Å². The Labute approximate surface area is 324 Å². The Balaban J connectivity index is 1.03. The van der Waals surface area contributed by atoms with Crippen molar-refractivity contribution in [3.63, 3.8) is 0 Å². The molecule has 3 heteroatoms. The molecular formula is C52H34N2S. The van der Waals surface area contributed by atoms with Crippen LogP contribution in [0.25, 0.3) is 66.4 Å². The highest BCUT2D eigenvalue weighted by Gasteiger charge is 2.33. The predicted molar refractivity (Wildman–Crippen MR) is 231 cm³/mol. The van der Waals surface area contributed by atoms with Gasteiger partial charge in [-0.15, -0.1) is 0 Å². The number of aromatic nitrogens is 1. The van der Waals surface area contributed by atoms with Crippen molar-refractivity contribution < 1.29 is 0 Å². The number of fused-ring (bicyclic) bond motifs is 9. The number of rotatable bonds is 4. The zero-order valence-corrected chi connectivity index (χ0v) is 30.9. The lowest BCUT2D eigenvalue weighted by Gasteiger charge is -2.32. The lowest BCUT2D eigenvalue weighted by atomic mass is 9.98. The van der Waals surface area contributed by atoms with Crippen molar-refractivity contribution in [1.82, 2.24) is 4.57 Å². The van der Waals surface area contributed by atoms with E-state index >= 15 is 0 Å². The molecular weight excluding hydrogens is 685 g/mol. The van der Waals surface area contributed by atoms with Gasteiger partial charge in [-0.2, -0.15) is 0 Å². The number of nitrogens with zero attached hydrogens (tertiary/aromatic N) is 2. The van der Waals surface area contributed by atoms with E-state index in [1.54, 1.807) is 5.57 Å². The minimum atomic E-state index is 1.16. The number of benzene rings is 8. The van der Waals surface area contributed by atoms with Gasteiger partial charge in [0, 0.05) is 37.5 Å². The molecule has 0 amide bonds. The van der Waals surface area contributed by atoms with E-state index in [0.29, 0.717) is 0 Å². The van der Waals surface area contributed by atoms with Crippen molar-refractivity contribution in [2.24, 2.45) is 0 Å². The first kappa shape index (κ1) is 30.9. The van der Waals surface area contributed by atoms with Gasteiger partial charge in [0.2, 0.25) is 0 Å². The number of para-hydroxylation sites is 2. The maximum atomic E-state index is 2.53. The van der Waals surface area contributed by atoms with Crippen molar-refractivity contribution in [2.45, 2.75) is 22.6 Å². The highest BCUT2D eigenvalue weighted by molar-refractivity contribution is 7.99. The minimum absolute atomic E-state index is 1.16. The third-order valence-corrected chi connectivity index (χ3v) is 12.8. The van der Waals surface area contributed by atoms with Crippen LogP contribution in [0, 0.1) is 0 Å². The molecule has 12 rings (SSSR count). The van der Waals surface area contributed by atoms with Gasteiger partial charge in [-0.05, 0) is 118 Å². The molecule has 1 aromatic heterocycles. The summed E-state index contributed by atoms with van der Waals surface area (Å²) in [6, 6.07) is 67.2. The fourth-order valence-corrected chi connectivity index (χ4v) is 10.1. The minimum Gasteiger partial charge on any atom is -0.309 e. The fourth-order valence-electron chi connectivity index (χ4n) is 9.00. The van der Waals surface area contributed by atoms with Crippen molar-refractivity contribution in [3.8, 4) is 39.1 Å². The van der Waals surface area contributed by atoms with E-state index in [1.807, 2.05) is 11.8 Å². The summed E-state index contributed by atoms with van der Waals surface area (Å²) in [4.78, 5) is 4.95. The monoisotopic (exact) mass is 718 g/mol. The molecule has 1 saturated carbocycles. The normalized spacial score (nSPS) is 13.9. The topological polar surface area (TPSA) is 8.17 Å².